The number of hydrogen-bond acceptors (Lipinski definition) is 4. The van der Waals surface area contributed by atoms with Gasteiger partial charge in [0, 0.05) is 38.1 Å². The van der Waals surface area contributed by atoms with Crippen LogP contribution >= 0.6 is 0 Å². The summed E-state index contributed by atoms with van der Waals surface area (Å²) < 4.78 is 5.18. The van der Waals surface area contributed by atoms with Crippen LogP contribution in [0.2, 0.25) is 0 Å². The minimum Gasteiger partial charge on any atom is -0.469 e. The molecule has 0 saturated carbocycles. The highest BCUT2D eigenvalue weighted by atomic mass is 16.3. The Morgan fingerprint density at radius 1 is 1.11 bits per heavy atom. The van der Waals surface area contributed by atoms with Crippen LogP contribution < -0.4 is 5.32 Å². The summed E-state index contributed by atoms with van der Waals surface area (Å²) in [5.74, 6) is 0.590. The zero-order valence-electron chi connectivity index (χ0n) is 15.8. The fourth-order valence-electron chi connectivity index (χ4n) is 3.86. The number of amides is 3. The van der Waals surface area contributed by atoms with Gasteiger partial charge in [0.15, 0.2) is 0 Å². The van der Waals surface area contributed by atoms with Crippen LogP contribution in [0.4, 0.5) is 0 Å². The lowest BCUT2D eigenvalue weighted by Gasteiger charge is -2.37. The second-order valence-electron chi connectivity index (χ2n) is 7.27. The zero-order chi connectivity index (χ0) is 19.4. The molecular formula is C20H27N3O4. The molecule has 0 radical (unpaired) electrons. The normalized spacial score (nSPS) is 19.0. The molecule has 7 nitrogen and oxygen atoms in total. The maximum absolute atomic E-state index is 12.8. The van der Waals surface area contributed by atoms with Gasteiger partial charge in [-0.3, -0.25) is 14.4 Å². The van der Waals surface area contributed by atoms with E-state index in [2.05, 4.69) is 11.9 Å². The molecule has 3 rings (SSSR count). The van der Waals surface area contributed by atoms with E-state index in [-0.39, 0.29) is 29.7 Å². The molecule has 7 heteroatoms. The van der Waals surface area contributed by atoms with Gasteiger partial charge in [-0.15, -0.1) is 0 Å². The van der Waals surface area contributed by atoms with Crippen molar-refractivity contribution in [3.63, 3.8) is 0 Å². The van der Waals surface area contributed by atoms with E-state index in [1.807, 2.05) is 4.90 Å². The predicted molar refractivity (Wildman–Crippen MR) is 100 cm³/mol. The maximum atomic E-state index is 12.8. The van der Waals surface area contributed by atoms with Crippen LogP contribution in [-0.2, 0) is 9.59 Å². The fourth-order valence-corrected chi connectivity index (χ4v) is 3.86. The first-order chi connectivity index (χ1) is 13.0. The summed E-state index contributed by atoms with van der Waals surface area (Å²) in [4.78, 5) is 40.3. The molecule has 1 N–H and O–H groups in total. The molecular weight excluding hydrogens is 346 g/mol. The molecule has 0 aromatic carbocycles. The molecule has 2 saturated heterocycles. The second-order valence-corrected chi connectivity index (χ2v) is 7.27. The molecule has 0 bridgehead atoms. The third kappa shape index (κ3) is 4.40. The summed E-state index contributed by atoms with van der Waals surface area (Å²) in [7, 11) is 0. The average molecular weight is 373 g/mol. The van der Waals surface area contributed by atoms with Gasteiger partial charge in [0.05, 0.1) is 11.8 Å². The van der Waals surface area contributed by atoms with Crippen LogP contribution in [0.15, 0.2) is 29.4 Å². The Morgan fingerprint density at radius 2 is 1.74 bits per heavy atom. The first-order valence-electron chi connectivity index (χ1n) is 9.54. The summed E-state index contributed by atoms with van der Waals surface area (Å²) in [6.07, 6.45) is 5.75. The fraction of sp³-hybridized carbons (Fsp3) is 0.550. The number of rotatable bonds is 4. The Labute approximate surface area is 159 Å². The van der Waals surface area contributed by atoms with E-state index in [0.717, 1.165) is 12.8 Å². The number of nitrogens with zero attached hydrogens (tertiary/aromatic N) is 2. The Balaban J connectivity index is 1.44. The number of likely N-dealkylation sites (tertiary alicyclic amines) is 2. The minimum atomic E-state index is -0.120. The molecule has 146 valence electrons. The number of aryl methyl sites for hydroxylation is 1. The van der Waals surface area contributed by atoms with Crippen LogP contribution in [-0.4, -0.2) is 59.7 Å². The number of carbonyl (C=O) groups excluding carboxylic acids is 3. The number of carbonyl (C=O) groups is 3. The summed E-state index contributed by atoms with van der Waals surface area (Å²) in [5, 5.41) is 3.04. The van der Waals surface area contributed by atoms with E-state index in [4.69, 9.17) is 4.42 Å². The van der Waals surface area contributed by atoms with Gasteiger partial charge >= 0.3 is 0 Å². The van der Waals surface area contributed by atoms with Gasteiger partial charge in [-0.1, -0.05) is 6.58 Å². The summed E-state index contributed by atoms with van der Waals surface area (Å²) >= 11 is 0. The van der Waals surface area contributed by atoms with Crippen molar-refractivity contribution in [1.29, 1.82) is 0 Å². The standard InChI is InChI=1S/C20H27N3O4/c1-3-18(24)22-9-4-15(5-10-22)20(26)23-11-6-16(7-12-23)21-19(25)17-8-13-27-14(17)2/h3,8,13,15-16H,1,4-7,9-12H2,2H3,(H,21,25). The third-order valence-corrected chi connectivity index (χ3v) is 5.58. The van der Waals surface area contributed by atoms with Gasteiger partial charge in [0.1, 0.15) is 5.76 Å². The van der Waals surface area contributed by atoms with E-state index < -0.39 is 0 Å². The molecule has 3 heterocycles. The second kappa shape index (κ2) is 8.41. The van der Waals surface area contributed by atoms with E-state index in [1.54, 1.807) is 17.9 Å². The van der Waals surface area contributed by atoms with E-state index in [0.29, 0.717) is 50.3 Å². The average Bonchev–Trinajstić information content (AvgIpc) is 3.13. The van der Waals surface area contributed by atoms with Gasteiger partial charge in [-0.2, -0.15) is 0 Å². The van der Waals surface area contributed by atoms with Crippen LogP contribution in [0, 0.1) is 12.8 Å². The lowest BCUT2D eigenvalue weighted by Crippen LogP contribution is -2.49. The molecule has 1 aromatic rings. The van der Waals surface area contributed by atoms with Crippen molar-refractivity contribution in [3.05, 3.63) is 36.3 Å². The Bertz CT molecular complexity index is 711. The lowest BCUT2D eigenvalue weighted by molar-refractivity contribution is -0.140. The van der Waals surface area contributed by atoms with Crippen LogP contribution in [0.1, 0.15) is 41.8 Å². The van der Waals surface area contributed by atoms with Gasteiger partial charge in [0.25, 0.3) is 5.91 Å². The quantitative estimate of drug-likeness (QED) is 0.815. The molecule has 3 amide bonds. The summed E-state index contributed by atoms with van der Waals surface area (Å²) in [6.45, 7) is 7.80. The smallest absolute Gasteiger partial charge is 0.255 e. The Kier molecular flexibility index (Phi) is 5.98. The molecule has 27 heavy (non-hydrogen) atoms. The molecule has 0 unspecified atom stereocenters. The molecule has 2 aliphatic rings. The molecule has 2 aliphatic heterocycles. The predicted octanol–water partition coefficient (Wildman–Crippen LogP) is 1.73. The first kappa shape index (κ1) is 19.2. The first-order valence-corrected chi connectivity index (χ1v) is 9.54. The number of hydrogen-bond donors (Lipinski definition) is 1. The van der Waals surface area contributed by atoms with Crippen molar-refractivity contribution in [3.8, 4) is 0 Å². The molecule has 0 atom stereocenters. The van der Waals surface area contributed by atoms with Crippen molar-refractivity contribution in [2.45, 2.75) is 38.6 Å². The largest absolute Gasteiger partial charge is 0.469 e. The van der Waals surface area contributed by atoms with Crippen LogP contribution in [0.25, 0.3) is 0 Å². The topological polar surface area (TPSA) is 82.9 Å². The summed E-state index contributed by atoms with van der Waals surface area (Å²) in [6, 6.07) is 1.75. The lowest BCUT2D eigenvalue weighted by atomic mass is 9.93. The van der Waals surface area contributed by atoms with Gasteiger partial charge in [-0.05, 0) is 44.7 Å². The highest BCUT2D eigenvalue weighted by molar-refractivity contribution is 5.95. The molecule has 0 aliphatic carbocycles. The zero-order valence-corrected chi connectivity index (χ0v) is 15.8. The van der Waals surface area contributed by atoms with Gasteiger partial charge in [-0.25, -0.2) is 0 Å². The number of piperidine rings is 2. The van der Waals surface area contributed by atoms with Gasteiger partial charge in [0.2, 0.25) is 11.8 Å². The van der Waals surface area contributed by atoms with Gasteiger partial charge < -0.3 is 19.5 Å². The Hall–Kier alpha value is -2.57. The monoisotopic (exact) mass is 373 g/mol. The van der Waals surface area contributed by atoms with Crippen LogP contribution in [0.3, 0.4) is 0 Å². The Morgan fingerprint density at radius 3 is 2.30 bits per heavy atom. The van der Waals surface area contributed by atoms with Crippen molar-refractivity contribution in [2.24, 2.45) is 5.92 Å². The summed E-state index contributed by atoms with van der Waals surface area (Å²) in [5.41, 5.74) is 0.564. The minimum absolute atomic E-state index is 0.0152. The SMILES string of the molecule is C=CC(=O)N1CCC(C(=O)N2CCC(NC(=O)c3ccoc3C)CC2)CC1. The highest BCUT2D eigenvalue weighted by Crippen LogP contribution is 2.22. The van der Waals surface area contributed by atoms with E-state index in [9.17, 15) is 14.4 Å². The van der Waals surface area contributed by atoms with Crippen LogP contribution in [0.5, 0.6) is 0 Å². The third-order valence-electron chi connectivity index (χ3n) is 5.58. The van der Waals surface area contributed by atoms with E-state index >= 15 is 0 Å². The van der Waals surface area contributed by atoms with Crippen molar-refractivity contribution in [1.82, 2.24) is 15.1 Å². The number of nitrogens with one attached hydrogen (secondary N) is 1. The van der Waals surface area contributed by atoms with Crippen molar-refractivity contribution in [2.75, 3.05) is 26.2 Å². The molecule has 1 aromatic heterocycles. The van der Waals surface area contributed by atoms with Crippen molar-refractivity contribution < 1.29 is 18.8 Å². The molecule has 2 fully saturated rings. The van der Waals surface area contributed by atoms with Crippen molar-refractivity contribution >= 4 is 17.7 Å². The highest BCUT2D eigenvalue weighted by Gasteiger charge is 2.32. The van der Waals surface area contributed by atoms with E-state index in [1.165, 1.54) is 12.3 Å². The number of furan rings is 1. The maximum Gasteiger partial charge on any atom is 0.255 e. The molecule has 0 spiro atoms.